The summed E-state index contributed by atoms with van der Waals surface area (Å²) in [5.74, 6) is 1.20. The molecule has 1 saturated carbocycles. The summed E-state index contributed by atoms with van der Waals surface area (Å²) >= 11 is 0. The number of pyridine rings is 1. The van der Waals surface area contributed by atoms with Crippen molar-refractivity contribution in [2.75, 3.05) is 36.9 Å². The number of hydrogen-bond acceptors (Lipinski definition) is 7. The Labute approximate surface area is 186 Å². The normalized spacial score (nSPS) is 17.5. The number of H-pyrrole nitrogens is 2. The lowest BCUT2D eigenvalue weighted by atomic mass is 9.95. The van der Waals surface area contributed by atoms with Crippen molar-refractivity contribution >= 4 is 34.5 Å². The number of aromatic amines is 2. The molecule has 1 amide bonds. The molecule has 3 aromatic rings. The summed E-state index contributed by atoms with van der Waals surface area (Å²) in [7, 11) is 0. The first-order valence-electron chi connectivity index (χ1n) is 11.3. The topological polar surface area (TPSA) is 122 Å². The molecule has 0 bridgehead atoms. The zero-order valence-corrected chi connectivity index (χ0v) is 18.3. The van der Waals surface area contributed by atoms with Crippen LogP contribution in [0.25, 0.3) is 11.2 Å². The third-order valence-electron chi connectivity index (χ3n) is 6.13. The molecule has 1 aliphatic heterocycles. The number of rotatable bonds is 5. The summed E-state index contributed by atoms with van der Waals surface area (Å²) in [6, 6.07) is 4.03. The van der Waals surface area contributed by atoms with E-state index in [0.717, 1.165) is 35.5 Å². The van der Waals surface area contributed by atoms with Crippen molar-refractivity contribution in [3.05, 3.63) is 29.8 Å². The van der Waals surface area contributed by atoms with Crippen LogP contribution in [-0.4, -0.2) is 63.1 Å². The van der Waals surface area contributed by atoms with Crippen molar-refractivity contribution in [2.45, 2.75) is 45.1 Å². The molecule has 10 nitrogen and oxygen atoms in total. The van der Waals surface area contributed by atoms with Gasteiger partial charge in [0, 0.05) is 19.1 Å². The maximum absolute atomic E-state index is 12.7. The predicted octanol–water partition coefficient (Wildman–Crippen LogP) is 2.44. The number of carbonyl (C=O) groups excluding carboxylic acids is 1. The molecule has 168 valence electrons. The molecular formula is C22H29N8O2+. The molecule has 10 heteroatoms. The maximum Gasteiger partial charge on any atom is 0.307 e. The van der Waals surface area contributed by atoms with E-state index in [9.17, 15) is 4.79 Å². The number of nitrogens with one attached hydrogen (secondary N) is 4. The second-order valence-corrected chi connectivity index (χ2v) is 8.39. The number of fused-ring (bicyclic) bond motifs is 1. The Bertz CT molecular complexity index is 1100. The zero-order valence-electron chi connectivity index (χ0n) is 18.3. The van der Waals surface area contributed by atoms with Gasteiger partial charge in [0.05, 0.1) is 24.6 Å². The van der Waals surface area contributed by atoms with Crippen molar-refractivity contribution in [3.63, 3.8) is 0 Å². The van der Waals surface area contributed by atoms with Crippen molar-refractivity contribution < 1.29 is 14.5 Å². The zero-order chi connectivity index (χ0) is 21.9. The fourth-order valence-electron chi connectivity index (χ4n) is 4.34. The summed E-state index contributed by atoms with van der Waals surface area (Å²) < 4.78 is 5.33. The van der Waals surface area contributed by atoms with E-state index in [2.05, 4.69) is 30.6 Å². The quantitative estimate of drug-likeness (QED) is 0.560. The van der Waals surface area contributed by atoms with Gasteiger partial charge in [-0.1, -0.05) is 24.2 Å². The third-order valence-corrected chi connectivity index (χ3v) is 6.13. The predicted molar refractivity (Wildman–Crippen MR) is 120 cm³/mol. The first-order chi connectivity index (χ1) is 15.7. The molecule has 1 aliphatic carbocycles. The van der Waals surface area contributed by atoms with Crippen LogP contribution in [0.5, 0.6) is 0 Å². The average Bonchev–Trinajstić information content (AvgIpc) is 3.30. The SMILES string of the molecule is Cc1nc(C(=O)N2CCOCC2)ccc1Nc1nc(NC2CCCCC2)c2[nH]c[nH+]c2n1. The van der Waals surface area contributed by atoms with Crippen LogP contribution in [-0.2, 0) is 4.74 Å². The van der Waals surface area contributed by atoms with E-state index >= 15 is 0 Å². The van der Waals surface area contributed by atoms with Crippen LogP contribution in [0.15, 0.2) is 18.5 Å². The number of amides is 1. The monoisotopic (exact) mass is 437 g/mol. The van der Waals surface area contributed by atoms with E-state index in [1.807, 2.05) is 13.0 Å². The van der Waals surface area contributed by atoms with Crippen LogP contribution in [0.3, 0.4) is 0 Å². The van der Waals surface area contributed by atoms with E-state index in [0.29, 0.717) is 49.7 Å². The van der Waals surface area contributed by atoms with E-state index < -0.39 is 0 Å². The number of imidazole rings is 1. The molecule has 32 heavy (non-hydrogen) atoms. The highest BCUT2D eigenvalue weighted by atomic mass is 16.5. The Morgan fingerprint density at radius 1 is 1.16 bits per heavy atom. The fourth-order valence-corrected chi connectivity index (χ4v) is 4.34. The van der Waals surface area contributed by atoms with Crippen LogP contribution in [0, 0.1) is 6.92 Å². The molecule has 2 fully saturated rings. The van der Waals surface area contributed by atoms with Gasteiger partial charge in [-0.25, -0.2) is 9.97 Å². The van der Waals surface area contributed by atoms with Gasteiger partial charge in [0.2, 0.25) is 5.52 Å². The van der Waals surface area contributed by atoms with E-state index in [4.69, 9.17) is 9.72 Å². The summed E-state index contributed by atoms with van der Waals surface area (Å²) in [5.41, 5.74) is 3.51. The molecule has 1 saturated heterocycles. The van der Waals surface area contributed by atoms with Crippen molar-refractivity contribution in [2.24, 2.45) is 0 Å². The van der Waals surface area contributed by atoms with Gasteiger partial charge in [-0.3, -0.25) is 9.78 Å². The molecule has 4 N–H and O–H groups in total. The standard InChI is InChI=1S/C22H28N8O2/c1-14-16(7-8-17(25-14)21(31)30-9-11-32-12-10-30)27-22-28-19-18(23-13-24-19)20(29-22)26-15-5-3-2-4-6-15/h7-8,13,15H,2-6,9-12H2,1H3,(H3,23,24,26,27,28,29)/p+1. The first-order valence-corrected chi connectivity index (χ1v) is 11.3. The molecule has 2 aliphatic rings. The highest BCUT2D eigenvalue weighted by Gasteiger charge is 2.22. The Hall–Kier alpha value is -3.27. The van der Waals surface area contributed by atoms with E-state index in [1.54, 1.807) is 17.3 Å². The number of nitrogens with zero attached hydrogens (tertiary/aromatic N) is 4. The van der Waals surface area contributed by atoms with Gasteiger partial charge < -0.3 is 20.3 Å². The summed E-state index contributed by atoms with van der Waals surface area (Å²) in [6.45, 7) is 4.20. The summed E-state index contributed by atoms with van der Waals surface area (Å²) in [4.78, 5) is 34.7. The first kappa shape index (κ1) is 20.6. The fraction of sp³-hybridized carbons (Fsp3) is 0.500. The molecular weight excluding hydrogens is 408 g/mol. The number of anilines is 3. The molecule has 0 atom stereocenters. The second-order valence-electron chi connectivity index (χ2n) is 8.39. The highest BCUT2D eigenvalue weighted by molar-refractivity contribution is 5.93. The smallest absolute Gasteiger partial charge is 0.307 e. The van der Waals surface area contributed by atoms with Crippen LogP contribution in [0.2, 0.25) is 0 Å². The van der Waals surface area contributed by atoms with Gasteiger partial charge in [0.25, 0.3) is 5.91 Å². The molecule has 0 unspecified atom stereocenters. The van der Waals surface area contributed by atoms with Gasteiger partial charge in [0.1, 0.15) is 5.69 Å². The van der Waals surface area contributed by atoms with Gasteiger partial charge in [-0.2, -0.15) is 4.98 Å². The summed E-state index contributed by atoms with van der Waals surface area (Å²) in [6.07, 6.45) is 7.86. The molecule has 3 aromatic heterocycles. The van der Waals surface area contributed by atoms with Crippen molar-refractivity contribution in [3.8, 4) is 0 Å². The number of aromatic nitrogens is 5. The molecule has 4 heterocycles. The lowest BCUT2D eigenvalue weighted by molar-refractivity contribution is -0.347. The average molecular weight is 438 g/mol. The number of hydrogen-bond donors (Lipinski definition) is 3. The molecule has 0 aromatic carbocycles. The molecule has 0 radical (unpaired) electrons. The molecule has 5 rings (SSSR count). The minimum Gasteiger partial charge on any atom is -0.378 e. The number of aryl methyl sites for hydroxylation is 1. The lowest BCUT2D eigenvalue weighted by Gasteiger charge is -2.26. The highest BCUT2D eigenvalue weighted by Crippen LogP contribution is 2.26. The minimum atomic E-state index is -0.0680. The van der Waals surface area contributed by atoms with Crippen molar-refractivity contribution in [1.82, 2.24) is 24.8 Å². The van der Waals surface area contributed by atoms with Gasteiger partial charge in [-0.05, 0) is 31.9 Å². The Morgan fingerprint density at radius 2 is 1.97 bits per heavy atom. The van der Waals surface area contributed by atoms with Gasteiger partial charge in [-0.15, -0.1) is 0 Å². The number of carbonyl (C=O) groups is 1. The minimum absolute atomic E-state index is 0.0680. The van der Waals surface area contributed by atoms with Crippen LogP contribution >= 0.6 is 0 Å². The van der Waals surface area contributed by atoms with Crippen LogP contribution in [0.1, 0.15) is 48.3 Å². The van der Waals surface area contributed by atoms with Crippen molar-refractivity contribution in [1.29, 1.82) is 0 Å². The number of ether oxygens (including phenoxy) is 1. The van der Waals surface area contributed by atoms with Gasteiger partial charge >= 0.3 is 11.6 Å². The lowest BCUT2D eigenvalue weighted by Crippen LogP contribution is -2.41. The van der Waals surface area contributed by atoms with Crippen LogP contribution < -0.4 is 15.6 Å². The second kappa shape index (κ2) is 9.07. The Balaban J connectivity index is 1.36. The molecule has 0 spiro atoms. The van der Waals surface area contributed by atoms with Gasteiger partial charge in [0.15, 0.2) is 12.1 Å². The van der Waals surface area contributed by atoms with Crippen LogP contribution in [0.4, 0.5) is 17.5 Å². The van der Waals surface area contributed by atoms with E-state index in [1.165, 1.54) is 19.3 Å². The summed E-state index contributed by atoms with van der Waals surface area (Å²) in [5, 5.41) is 6.87. The van der Waals surface area contributed by atoms with E-state index in [-0.39, 0.29) is 5.91 Å². The maximum atomic E-state index is 12.7. The largest absolute Gasteiger partial charge is 0.378 e. The Morgan fingerprint density at radius 3 is 2.75 bits per heavy atom. The Kier molecular flexibility index (Phi) is 5.85. The third kappa shape index (κ3) is 4.36. The number of morpholine rings is 1.